The number of nitrogens with one attached hydrogen (secondary N) is 1. The Balaban J connectivity index is 1.61. The largest absolute Gasteiger partial charge is 0.490 e. The van der Waals surface area contributed by atoms with Gasteiger partial charge in [0.2, 0.25) is 0 Å². The van der Waals surface area contributed by atoms with Crippen LogP contribution >= 0.6 is 11.8 Å². The number of halogens is 2. The van der Waals surface area contributed by atoms with Gasteiger partial charge < -0.3 is 24.1 Å². The number of aromatic nitrogens is 3. The Morgan fingerprint density at radius 3 is 2.69 bits per heavy atom. The number of aromatic amines is 1. The van der Waals surface area contributed by atoms with Crippen LogP contribution in [-0.4, -0.2) is 64.0 Å². The van der Waals surface area contributed by atoms with Crippen molar-refractivity contribution in [1.82, 2.24) is 19.7 Å². The molecule has 39 heavy (non-hydrogen) atoms. The molecule has 1 N–H and O–H groups in total. The van der Waals surface area contributed by atoms with E-state index in [1.165, 1.54) is 18.9 Å². The van der Waals surface area contributed by atoms with Gasteiger partial charge in [-0.05, 0) is 38.8 Å². The van der Waals surface area contributed by atoms with E-state index in [4.69, 9.17) is 19.3 Å². The molecule has 2 aliphatic heterocycles. The third-order valence-corrected chi connectivity index (χ3v) is 7.52. The van der Waals surface area contributed by atoms with Crippen LogP contribution in [0.5, 0.6) is 5.75 Å². The molecule has 1 aromatic carbocycles. The third-order valence-electron chi connectivity index (χ3n) is 6.39. The standard InChI is InChI=1S/C27H30F2N4O5S/c1-27(2,3)38-26(35)32-6-7-33-16(14-32)13-19(31-33)23-21(17-5-10-39-24(17)25(34)30-23)22-18(29)11-15(28)12-20(22)37-9-8-36-4/h11-13H,5-10,14H2,1-4H3,(H,30,34). The van der Waals surface area contributed by atoms with E-state index in [2.05, 4.69) is 4.98 Å². The fourth-order valence-corrected chi connectivity index (χ4v) is 5.83. The Morgan fingerprint density at radius 1 is 1.15 bits per heavy atom. The number of thioether (sulfide) groups is 1. The van der Waals surface area contributed by atoms with Gasteiger partial charge in [0.1, 0.15) is 35.3 Å². The smallest absolute Gasteiger partial charge is 0.410 e. The molecule has 0 saturated carbocycles. The van der Waals surface area contributed by atoms with Gasteiger partial charge in [0.25, 0.3) is 5.56 Å². The lowest BCUT2D eigenvalue weighted by Gasteiger charge is -2.30. The van der Waals surface area contributed by atoms with Crippen molar-refractivity contribution in [3.05, 3.63) is 51.4 Å². The third kappa shape index (κ3) is 5.53. The van der Waals surface area contributed by atoms with Crippen LogP contribution in [0.2, 0.25) is 0 Å². The number of H-pyrrole nitrogens is 1. The number of hydrogen-bond acceptors (Lipinski definition) is 7. The number of fused-ring (bicyclic) bond motifs is 2. The van der Waals surface area contributed by atoms with Crippen LogP contribution in [0.15, 0.2) is 27.9 Å². The molecule has 3 aromatic rings. The number of carbonyl (C=O) groups is 1. The quantitative estimate of drug-likeness (QED) is 0.440. The van der Waals surface area contributed by atoms with Gasteiger partial charge in [0, 0.05) is 37.1 Å². The predicted molar refractivity (Wildman–Crippen MR) is 142 cm³/mol. The average Bonchev–Trinajstić information content (AvgIpc) is 3.51. The van der Waals surface area contributed by atoms with Crippen LogP contribution in [0, 0.1) is 11.6 Å². The highest BCUT2D eigenvalue weighted by Crippen LogP contribution is 2.45. The molecule has 0 aliphatic carbocycles. The van der Waals surface area contributed by atoms with E-state index in [0.717, 1.165) is 17.8 Å². The molecule has 208 valence electrons. The van der Waals surface area contributed by atoms with Crippen molar-refractivity contribution in [1.29, 1.82) is 0 Å². The summed E-state index contributed by atoms with van der Waals surface area (Å²) in [6.07, 6.45) is 0.104. The van der Waals surface area contributed by atoms with Gasteiger partial charge in [-0.3, -0.25) is 9.48 Å². The summed E-state index contributed by atoms with van der Waals surface area (Å²) >= 11 is 1.39. The number of ether oxygens (including phenoxy) is 3. The molecule has 5 rings (SSSR count). The lowest BCUT2D eigenvalue weighted by atomic mass is 9.94. The molecule has 0 fully saturated rings. The summed E-state index contributed by atoms with van der Waals surface area (Å²) in [5.41, 5.74) is 1.68. The van der Waals surface area contributed by atoms with Crippen LogP contribution < -0.4 is 10.3 Å². The number of carbonyl (C=O) groups excluding carboxylic acids is 1. The number of benzene rings is 1. The maximum atomic E-state index is 15.5. The molecule has 0 atom stereocenters. The van der Waals surface area contributed by atoms with E-state index in [0.29, 0.717) is 52.7 Å². The summed E-state index contributed by atoms with van der Waals surface area (Å²) in [7, 11) is 1.50. The first-order valence-electron chi connectivity index (χ1n) is 12.6. The lowest BCUT2D eigenvalue weighted by Crippen LogP contribution is -2.41. The number of amides is 1. The van der Waals surface area contributed by atoms with Gasteiger partial charge in [-0.2, -0.15) is 5.10 Å². The molecular formula is C27H30F2N4O5S. The molecule has 0 bridgehead atoms. The molecular weight excluding hydrogens is 530 g/mol. The monoisotopic (exact) mass is 560 g/mol. The van der Waals surface area contributed by atoms with E-state index in [9.17, 15) is 14.0 Å². The minimum Gasteiger partial charge on any atom is -0.490 e. The molecule has 4 heterocycles. The summed E-state index contributed by atoms with van der Waals surface area (Å²) in [5.74, 6) is -0.922. The molecule has 0 spiro atoms. The van der Waals surface area contributed by atoms with Crippen molar-refractivity contribution in [3.8, 4) is 28.3 Å². The van der Waals surface area contributed by atoms with Crippen molar-refractivity contribution >= 4 is 17.9 Å². The average molecular weight is 561 g/mol. The second-order valence-electron chi connectivity index (χ2n) is 10.4. The van der Waals surface area contributed by atoms with Crippen LogP contribution in [0.25, 0.3) is 22.5 Å². The molecule has 0 saturated heterocycles. The van der Waals surface area contributed by atoms with Gasteiger partial charge in [0.15, 0.2) is 0 Å². The van der Waals surface area contributed by atoms with Crippen molar-refractivity contribution in [2.24, 2.45) is 0 Å². The SMILES string of the molecule is COCCOc1cc(F)cc(F)c1-c1c(-c2cc3n(n2)CCN(C(=O)OC(C)(C)C)C3)[nH]c(=O)c2c1CCS2. The van der Waals surface area contributed by atoms with Crippen molar-refractivity contribution in [3.63, 3.8) is 0 Å². The van der Waals surface area contributed by atoms with Crippen LogP contribution in [0.1, 0.15) is 32.0 Å². The second kappa shape index (κ2) is 10.6. The second-order valence-corrected chi connectivity index (χ2v) is 11.5. The summed E-state index contributed by atoms with van der Waals surface area (Å²) in [4.78, 5) is 30.7. The normalized spacial score (nSPS) is 14.8. The Hall–Kier alpha value is -3.38. The molecule has 0 radical (unpaired) electrons. The van der Waals surface area contributed by atoms with Crippen molar-refractivity contribution < 1.29 is 27.8 Å². The zero-order valence-electron chi connectivity index (χ0n) is 22.2. The van der Waals surface area contributed by atoms with Crippen LogP contribution in [0.3, 0.4) is 0 Å². The topological polar surface area (TPSA) is 98.7 Å². The minimum absolute atomic E-state index is 0.0111. The molecule has 1 amide bonds. The highest BCUT2D eigenvalue weighted by molar-refractivity contribution is 7.99. The summed E-state index contributed by atoms with van der Waals surface area (Å²) in [5, 5.41) is 4.70. The van der Waals surface area contributed by atoms with Crippen LogP contribution in [0.4, 0.5) is 13.6 Å². The fraction of sp³-hybridized carbons (Fsp3) is 0.444. The fourth-order valence-electron chi connectivity index (χ4n) is 4.76. The first-order valence-corrected chi connectivity index (χ1v) is 13.6. The predicted octanol–water partition coefficient (Wildman–Crippen LogP) is 4.61. The lowest BCUT2D eigenvalue weighted by molar-refractivity contribution is 0.0194. The molecule has 0 unspecified atom stereocenters. The van der Waals surface area contributed by atoms with Crippen molar-refractivity contribution in [2.45, 2.75) is 50.8 Å². The maximum absolute atomic E-state index is 15.5. The number of hydrogen-bond donors (Lipinski definition) is 1. The summed E-state index contributed by atoms with van der Waals surface area (Å²) in [6, 6.07) is 3.71. The van der Waals surface area contributed by atoms with Gasteiger partial charge in [-0.1, -0.05) is 0 Å². The Bertz CT molecular complexity index is 1480. The van der Waals surface area contributed by atoms with E-state index in [1.54, 1.807) is 15.6 Å². The van der Waals surface area contributed by atoms with Gasteiger partial charge >= 0.3 is 6.09 Å². The highest BCUT2D eigenvalue weighted by atomic mass is 32.2. The molecule has 2 aromatic heterocycles. The Labute approximate surface area is 228 Å². The minimum atomic E-state index is -0.810. The Kier molecular flexibility index (Phi) is 7.43. The highest BCUT2D eigenvalue weighted by Gasteiger charge is 2.31. The van der Waals surface area contributed by atoms with Gasteiger partial charge in [-0.15, -0.1) is 11.8 Å². The molecule has 12 heteroatoms. The zero-order valence-corrected chi connectivity index (χ0v) is 23.0. The number of rotatable bonds is 6. The van der Waals surface area contributed by atoms with Gasteiger partial charge in [0.05, 0.1) is 41.5 Å². The van der Waals surface area contributed by atoms with E-state index >= 15 is 4.39 Å². The van der Waals surface area contributed by atoms with Crippen LogP contribution in [-0.2, 0) is 29.0 Å². The molecule has 9 nitrogen and oxygen atoms in total. The van der Waals surface area contributed by atoms with E-state index in [1.807, 2.05) is 20.8 Å². The van der Waals surface area contributed by atoms with Crippen molar-refractivity contribution in [2.75, 3.05) is 32.6 Å². The first kappa shape index (κ1) is 27.2. The van der Waals surface area contributed by atoms with Gasteiger partial charge in [-0.25, -0.2) is 13.6 Å². The van der Waals surface area contributed by atoms with E-state index in [-0.39, 0.29) is 36.6 Å². The summed E-state index contributed by atoms with van der Waals surface area (Å²) in [6.45, 7) is 6.82. The first-order chi connectivity index (χ1) is 18.6. The number of nitrogens with zero attached hydrogens (tertiary/aromatic N) is 3. The Morgan fingerprint density at radius 2 is 1.95 bits per heavy atom. The maximum Gasteiger partial charge on any atom is 0.410 e. The molecule has 2 aliphatic rings. The number of pyridine rings is 1. The zero-order chi connectivity index (χ0) is 27.9. The summed E-state index contributed by atoms with van der Waals surface area (Å²) < 4.78 is 47.9. The van der Waals surface area contributed by atoms with E-state index < -0.39 is 23.3 Å². The number of methoxy groups -OCH3 is 1.